The third-order valence-electron chi connectivity index (χ3n) is 6.25. The molecule has 1 fully saturated rings. The quantitative estimate of drug-likeness (QED) is 0.258. The summed E-state index contributed by atoms with van der Waals surface area (Å²) < 4.78 is 77.4. The first-order valence-electron chi connectivity index (χ1n) is 11.8. The van der Waals surface area contributed by atoms with E-state index in [9.17, 15) is 31.1 Å². The first-order chi connectivity index (χ1) is 17.5. The van der Waals surface area contributed by atoms with E-state index >= 15 is 0 Å². The largest absolute Gasteiger partial charge is 0.416 e. The number of carbonyl (C=O) groups is 1. The lowest BCUT2D eigenvalue weighted by Gasteiger charge is -2.36. The van der Waals surface area contributed by atoms with Gasteiger partial charge in [-0.15, -0.1) is 11.3 Å². The number of nitrogens with one attached hydrogen (secondary N) is 2. The predicted molar refractivity (Wildman–Crippen MR) is 133 cm³/mol. The minimum absolute atomic E-state index is 0.280. The van der Waals surface area contributed by atoms with Crippen molar-refractivity contribution in [2.24, 2.45) is 0 Å². The summed E-state index contributed by atoms with van der Waals surface area (Å²) >= 11 is 1.32. The van der Waals surface area contributed by atoms with Crippen LogP contribution >= 0.6 is 11.3 Å². The van der Waals surface area contributed by atoms with Crippen LogP contribution in [0.15, 0.2) is 47.8 Å². The molecule has 2 heterocycles. The Hall–Kier alpha value is -2.99. The zero-order chi connectivity index (χ0) is 26.6. The van der Waals surface area contributed by atoms with E-state index in [2.05, 4.69) is 20.4 Å². The first kappa shape index (κ1) is 27.1. The van der Waals surface area contributed by atoms with Gasteiger partial charge >= 0.3 is 18.4 Å². The van der Waals surface area contributed by atoms with E-state index in [1.54, 1.807) is 6.07 Å². The van der Waals surface area contributed by atoms with E-state index in [1.165, 1.54) is 29.5 Å². The number of hydrogen-bond acceptors (Lipinski definition) is 4. The van der Waals surface area contributed by atoms with E-state index < -0.39 is 29.5 Å². The summed E-state index contributed by atoms with van der Waals surface area (Å²) in [6, 6.07) is 7.67. The molecule has 0 atom stereocenters. The molecule has 1 aromatic heterocycles. The number of rotatable bonds is 7. The SMILES string of the molecule is O=C(NCCCCN1CCN(c2csc3cc(C(F)(F)F)ccc23)CC1)Nc1ccc(C(F)(F)F)cc1. The molecule has 2 amide bonds. The highest BCUT2D eigenvalue weighted by Gasteiger charge is 2.31. The molecule has 0 spiro atoms. The van der Waals surface area contributed by atoms with Crippen molar-refractivity contribution in [3.8, 4) is 0 Å². The molecule has 200 valence electrons. The van der Waals surface area contributed by atoms with Gasteiger partial charge in [0.1, 0.15) is 0 Å². The molecule has 2 N–H and O–H groups in total. The van der Waals surface area contributed by atoms with Crippen LogP contribution in [0.4, 0.5) is 42.5 Å². The summed E-state index contributed by atoms with van der Waals surface area (Å²) in [4.78, 5) is 16.5. The summed E-state index contributed by atoms with van der Waals surface area (Å²) in [6.07, 6.45) is -7.16. The molecule has 3 aromatic rings. The van der Waals surface area contributed by atoms with Crippen LogP contribution in [0.2, 0.25) is 0 Å². The maximum absolute atomic E-state index is 13.0. The zero-order valence-corrected chi connectivity index (χ0v) is 20.6. The Labute approximate surface area is 214 Å². The van der Waals surface area contributed by atoms with Crippen LogP contribution in [0.5, 0.6) is 0 Å². The molecule has 1 saturated heterocycles. The molecule has 0 unspecified atom stereocenters. The monoisotopic (exact) mass is 544 g/mol. The molecule has 5 nitrogen and oxygen atoms in total. The lowest BCUT2D eigenvalue weighted by atomic mass is 10.1. The normalized spacial score (nSPS) is 15.2. The fraction of sp³-hybridized carbons (Fsp3) is 0.400. The molecule has 12 heteroatoms. The summed E-state index contributed by atoms with van der Waals surface area (Å²) in [7, 11) is 0. The molecule has 2 aromatic carbocycles. The van der Waals surface area contributed by atoms with E-state index in [0.717, 1.165) is 74.8 Å². The highest BCUT2D eigenvalue weighted by Crippen LogP contribution is 2.38. The van der Waals surface area contributed by atoms with Crippen molar-refractivity contribution in [1.29, 1.82) is 0 Å². The van der Waals surface area contributed by atoms with Crippen molar-refractivity contribution in [1.82, 2.24) is 10.2 Å². The molecular formula is C25H26F6N4OS. The highest BCUT2D eigenvalue weighted by atomic mass is 32.1. The molecule has 4 rings (SSSR count). The number of fused-ring (bicyclic) bond motifs is 1. The van der Waals surface area contributed by atoms with Crippen molar-refractivity contribution >= 4 is 38.8 Å². The molecule has 1 aliphatic rings. The minimum Gasteiger partial charge on any atom is -0.368 e. The molecule has 0 aliphatic carbocycles. The average molecular weight is 545 g/mol. The van der Waals surface area contributed by atoms with E-state index in [1.807, 2.05) is 5.38 Å². The van der Waals surface area contributed by atoms with Crippen molar-refractivity contribution < 1.29 is 31.1 Å². The van der Waals surface area contributed by atoms with E-state index in [-0.39, 0.29) is 5.69 Å². The second kappa shape index (κ2) is 11.2. The van der Waals surface area contributed by atoms with Gasteiger partial charge in [-0.05, 0) is 55.8 Å². The number of amides is 2. The second-order valence-electron chi connectivity index (χ2n) is 8.82. The number of unbranched alkanes of at least 4 members (excludes halogenated alkanes) is 1. The van der Waals surface area contributed by atoms with Crippen LogP contribution in [0, 0.1) is 0 Å². The third kappa shape index (κ3) is 7.07. The maximum Gasteiger partial charge on any atom is 0.416 e. The fourth-order valence-electron chi connectivity index (χ4n) is 4.23. The Morgan fingerprint density at radius 2 is 1.51 bits per heavy atom. The number of benzene rings is 2. The van der Waals surface area contributed by atoms with Gasteiger partial charge in [-0.1, -0.05) is 6.07 Å². The Balaban J connectivity index is 1.14. The van der Waals surface area contributed by atoms with Crippen LogP contribution in [0.25, 0.3) is 10.1 Å². The number of anilines is 2. The highest BCUT2D eigenvalue weighted by molar-refractivity contribution is 7.17. The van der Waals surface area contributed by atoms with Gasteiger partial charge in [0, 0.05) is 53.9 Å². The number of alkyl halides is 6. The van der Waals surface area contributed by atoms with E-state index in [4.69, 9.17) is 0 Å². The molecule has 37 heavy (non-hydrogen) atoms. The number of piperazine rings is 1. The summed E-state index contributed by atoms with van der Waals surface area (Å²) in [5.74, 6) is 0. The fourth-order valence-corrected chi connectivity index (χ4v) is 5.24. The van der Waals surface area contributed by atoms with Crippen molar-refractivity contribution in [2.75, 3.05) is 49.5 Å². The van der Waals surface area contributed by atoms with Gasteiger partial charge in [-0.3, -0.25) is 4.90 Å². The number of halogens is 6. The standard InChI is InChI=1S/C25H26F6N4OS/c26-24(27,28)17-3-6-19(7-4-17)33-23(36)32-9-1-2-10-34-11-13-35(14-12-34)21-16-37-22-15-18(25(29,30)31)5-8-20(21)22/h3-8,15-16H,1-2,9-14H2,(H2,32,33,36). The number of hydrogen-bond donors (Lipinski definition) is 2. The molecule has 0 radical (unpaired) electrons. The maximum atomic E-state index is 13.0. The lowest BCUT2D eigenvalue weighted by molar-refractivity contribution is -0.138. The first-order valence-corrected chi connectivity index (χ1v) is 12.7. The van der Waals surface area contributed by atoms with Gasteiger partial charge in [-0.25, -0.2) is 4.79 Å². The smallest absolute Gasteiger partial charge is 0.368 e. The molecule has 1 aliphatic heterocycles. The molecular weight excluding hydrogens is 518 g/mol. The topological polar surface area (TPSA) is 47.6 Å². The summed E-state index contributed by atoms with van der Waals surface area (Å²) in [5, 5.41) is 7.97. The van der Waals surface area contributed by atoms with Gasteiger partial charge < -0.3 is 15.5 Å². The van der Waals surface area contributed by atoms with Gasteiger partial charge in [0.15, 0.2) is 0 Å². The van der Waals surface area contributed by atoms with Crippen molar-refractivity contribution in [2.45, 2.75) is 25.2 Å². The number of nitrogens with zero attached hydrogens (tertiary/aromatic N) is 2. The number of urea groups is 1. The van der Waals surface area contributed by atoms with Crippen molar-refractivity contribution in [3.63, 3.8) is 0 Å². The number of thiophene rings is 1. The van der Waals surface area contributed by atoms with Crippen LogP contribution < -0.4 is 15.5 Å². The molecule has 0 saturated carbocycles. The minimum atomic E-state index is -4.42. The van der Waals surface area contributed by atoms with Gasteiger partial charge in [0.2, 0.25) is 0 Å². The van der Waals surface area contributed by atoms with Gasteiger partial charge in [0.25, 0.3) is 0 Å². The number of carbonyl (C=O) groups excluding carboxylic acids is 1. The van der Waals surface area contributed by atoms with Crippen LogP contribution in [0.3, 0.4) is 0 Å². The van der Waals surface area contributed by atoms with Crippen LogP contribution in [-0.2, 0) is 12.4 Å². The second-order valence-corrected chi connectivity index (χ2v) is 9.73. The molecule has 0 bridgehead atoms. The Morgan fingerprint density at radius 3 is 2.16 bits per heavy atom. The summed E-state index contributed by atoms with van der Waals surface area (Å²) in [5.41, 5.74) is -0.161. The Bertz CT molecular complexity index is 1200. The lowest BCUT2D eigenvalue weighted by Crippen LogP contribution is -2.46. The van der Waals surface area contributed by atoms with Crippen LogP contribution in [-0.4, -0.2) is 50.2 Å². The van der Waals surface area contributed by atoms with Gasteiger partial charge in [-0.2, -0.15) is 26.3 Å². The third-order valence-corrected chi connectivity index (χ3v) is 7.18. The zero-order valence-electron chi connectivity index (χ0n) is 19.8. The van der Waals surface area contributed by atoms with Crippen LogP contribution in [0.1, 0.15) is 24.0 Å². The van der Waals surface area contributed by atoms with Gasteiger partial charge in [0.05, 0.1) is 16.8 Å². The van der Waals surface area contributed by atoms with Crippen molar-refractivity contribution in [3.05, 3.63) is 59.0 Å². The Kier molecular flexibility index (Phi) is 8.17. The summed E-state index contributed by atoms with van der Waals surface area (Å²) in [6.45, 7) is 4.52. The Morgan fingerprint density at radius 1 is 0.865 bits per heavy atom. The average Bonchev–Trinajstić information content (AvgIpc) is 3.27. The van der Waals surface area contributed by atoms with E-state index in [0.29, 0.717) is 11.2 Å². The predicted octanol–water partition coefficient (Wildman–Crippen LogP) is 6.66.